The van der Waals surface area contributed by atoms with Crippen molar-refractivity contribution in [3.63, 3.8) is 0 Å². The van der Waals surface area contributed by atoms with Gasteiger partial charge in [0.2, 0.25) is 0 Å². The Bertz CT molecular complexity index is 671. The zero-order valence-electron chi connectivity index (χ0n) is 14.3. The first-order valence-electron chi connectivity index (χ1n) is 7.69. The van der Waals surface area contributed by atoms with Gasteiger partial charge < -0.3 is 10.6 Å². The molecule has 1 aromatic carbocycles. The number of halogens is 2. The smallest absolute Gasteiger partial charge is 0.191 e. The van der Waals surface area contributed by atoms with Gasteiger partial charge in [-0.05, 0) is 43.0 Å². The summed E-state index contributed by atoms with van der Waals surface area (Å²) in [6.07, 6.45) is 2.67. The Hall–Kier alpha value is -1.34. The first-order valence-corrected chi connectivity index (χ1v) is 8.07. The Morgan fingerprint density at radius 1 is 1.17 bits per heavy atom. The van der Waals surface area contributed by atoms with E-state index in [9.17, 15) is 0 Å². The van der Waals surface area contributed by atoms with Gasteiger partial charge in [0.1, 0.15) is 5.15 Å². The van der Waals surface area contributed by atoms with E-state index in [1.165, 1.54) is 16.7 Å². The average molecular weight is 459 g/mol. The second-order valence-electron chi connectivity index (χ2n) is 5.52. The zero-order valence-corrected chi connectivity index (χ0v) is 17.4. The average Bonchev–Trinajstić information content (AvgIpc) is 2.54. The summed E-state index contributed by atoms with van der Waals surface area (Å²) in [6, 6.07) is 10.3. The van der Waals surface area contributed by atoms with Crippen LogP contribution in [-0.2, 0) is 13.0 Å². The summed E-state index contributed by atoms with van der Waals surface area (Å²) in [7, 11) is 1.78. The predicted molar refractivity (Wildman–Crippen MR) is 112 cm³/mol. The molecule has 1 heterocycles. The third-order valence-electron chi connectivity index (χ3n) is 3.66. The molecule has 2 rings (SSSR count). The van der Waals surface area contributed by atoms with Gasteiger partial charge >= 0.3 is 0 Å². The number of benzene rings is 1. The van der Waals surface area contributed by atoms with Crippen molar-refractivity contribution in [1.82, 2.24) is 15.6 Å². The number of pyridine rings is 1. The highest BCUT2D eigenvalue weighted by Crippen LogP contribution is 2.10. The normalized spacial score (nSPS) is 10.9. The summed E-state index contributed by atoms with van der Waals surface area (Å²) < 4.78 is 0. The standard InChI is InChI=1S/C18H23ClN4.HI/c1-13-4-6-16(14(2)10-13)12-23-18(20-3)21-9-8-15-5-7-17(19)22-11-15;/h4-7,10-11H,8-9,12H2,1-3H3,(H2,20,21,23);1H. The fraction of sp³-hybridized carbons (Fsp3) is 0.333. The van der Waals surface area contributed by atoms with Crippen LogP contribution >= 0.6 is 35.6 Å². The highest BCUT2D eigenvalue weighted by Gasteiger charge is 2.02. The first-order chi connectivity index (χ1) is 11.1. The molecular weight excluding hydrogens is 435 g/mol. The molecule has 4 nitrogen and oxygen atoms in total. The number of aliphatic imine (C=N–C) groups is 1. The maximum absolute atomic E-state index is 5.78. The van der Waals surface area contributed by atoms with Crippen molar-refractivity contribution in [3.05, 3.63) is 63.9 Å². The zero-order chi connectivity index (χ0) is 16.7. The molecule has 0 saturated heterocycles. The molecule has 0 atom stereocenters. The van der Waals surface area contributed by atoms with E-state index >= 15 is 0 Å². The van der Waals surface area contributed by atoms with E-state index < -0.39 is 0 Å². The molecule has 0 saturated carbocycles. The van der Waals surface area contributed by atoms with Crippen LogP contribution in [0.15, 0.2) is 41.5 Å². The summed E-state index contributed by atoms with van der Waals surface area (Å²) in [6.45, 7) is 5.79. The molecule has 130 valence electrons. The van der Waals surface area contributed by atoms with Gasteiger partial charge in [0.05, 0.1) is 0 Å². The van der Waals surface area contributed by atoms with Gasteiger partial charge in [-0.2, -0.15) is 0 Å². The quantitative estimate of drug-likeness (QED) is 0.309. The summed E-state index contributed by atoms with van der Waals surface area (Å²) in [5, 5.41) is 7.18. The van der Waals surface area contributed by atoms with Gasteiger partial charge in [-0.25, -0.2) is 4.98 Å². The minimum atomic E-state index is 0. The minimum Gasteiger partial charge on any atom is -0.356 e. The minimum absolute atomic E-state index is 0. The molecular formula is C18H24ClIN4. The number of aromatic nitrogens is 1. The maximum atomic E-state index is 5.78. The van der Waals surface area contributed by atoms with E-state index in [1.807, 2.05) is 12.1 Å². The highest BCUT2D eigenvalue weighted by molar-refractivity contribution is 14.0. The number of guanidine groups is 1. The van der Waals surface area contributed by atoms with Crippen LogP contribution in [0.3, 0.4) is 0 Å². The monoisotopic (exact) mass is 458 g/mol. The number of hydrogen-bond donors (Lipinski definition) is 2. The Labute approximate surface area is 166 Å². The van der Waals surface area contributed by atoms with E-state index in [-0.39, 0.29) is 24.0 Å². The van der Waals surface area contributed by atoms with Crippen molar-refractivity contribution in [2.45, 2.75) is 26.8 Å². The predicted octanol–water partition coefficient (Wildman–Crippen LogP) is 3.88. The van der Waals surface area contributed by atoms with Crippen molar-refractivity contribution >= 4 is 41.5 Å². The van der Waals surface area contributed by atoms with E-state index in [1.54, 1.807) is 13.2 Å². The lowest BCUT2D eigenvalue weighted by Crippen LogP contribution is -2.38. The molecule has 0 aliphatic rings. The van der Waals surface area contributed by atoms with Crippen molar-refractivity contribution in [2.24, 2.45) is 4.99 Å². The molecule has 6 heteroatoms. The Morgan fingerprint density at radius 2 is 1.96 bits per heavy atom. The van der Waals surface area contributed by atoms with Crippen molar-refractivity contribution in [2.75, 3.05) is 13.6 Å². The number of nitrogens with one attached hydrogen (secondary N) is 2. The van der Waals surface area contributed by atoms with Gasteiger partial charge in [0.15, 0.2) is 5.96 Å². The van der Waals surface area contributed by atoms with Crippen LogP contribution in [0.2, 0.25) is 5.15 Å². The van der Waals surface area contributed by atoms with Crippen LogP contribution in [0.4, 0.5) is 0 Å². The molecule has 0 unspecified atom stereocenters. The molecule has 1 aromatic heterocycles. The molecule has 0 aliphatic heterocycles. The summed E-state index contributed by atoms with van der Waals surface area (Å²) in [5.74, 6) is 0.798. The van der Waals surface area contributed by atoms with E-state index in [0.717, 1.165) is 31.0 Å². The summed E-state index contributed by atoms with van der Waals surface area (Å²) in [5.41, 5.74) is 5.00. The lowest BCUT2D eigenvalue weighted by molar-refractivity contribution is 0.791. The Morgan fingerprint density at radius 3 is 2.58 bits per heavy atom. The van der Waals surface area contributed by atoms with Crippen molar-refractivity contribution < 1.29 is 0 Å². The van der Waals surface area contributed by atoms with E-state index in [0.29, 0.717) is 5.15 Å². The summed E-state index contributed by atoms with van der Waals surface area (Å²) in [4.78, 5) is 8.33. The number of nitrogens with zero attached hydrogens (tertiary/aromatic N) is 2. The lowest BCUT2D eigenvalue weighted by Gasteiger charge is -2.13. The lowest BCUT2D eigenvalue weighted by atomic mass is 10.1. The van der Waals surface area contributed by atoms with Crippen LogP contribution in [0.1, 0.15) is 22.3 Å². The van der Waals surface area contributed by atoms with Gasteiger partial charge in [-0.15, -0.1) is 24.0 Å². The molecule has 0 spiro atoms. The first kappa shape index (κ1) is 20.7. The molecule has 0 amide bonds. The third-order valence-corrected chi connectivity index (χ3v) is 3.89. The number of aryl methyl sites for hydroxylation is 2. The van der Waals surface area contributed by atoms with Crippen LogP contribution in [0.25, 0.3) is 0 Å². The summed E-state index contributed by atoms with van der Waals surface area (Å²) >= 11 is 5.78. The third kappa shape index (κ3) is 6.65. The van der Waals surface area contributed by atoms with Crippen LogP contribution in [0.5, 0.6) is 0 Å². The van der Waals surface area contributed by atoms with Gasteiger partial charge in [0.25, 0.3) is 0 Å². The van der Waals surface area contributed by atoms with E-state index in [2.05, 4.69) is 52.7 Å². The second-order valence-corrected chi connectivity index (χ2v) is 5.91. The largest absolute Gasteiger partial charge is 0.356 e. The fourth-order valence-electron chi connectivity index (χ4n) is 2.32. The van der Waals surface area contributed by atoms with Crippen LogP contribution in [-0.4, -0.2) is 24.5 Å². The topological polar surface area (TPSA) is 49.3 Å². The molecule has 0 bridgehead atoms. The SMILES string of the molecule is CN=C(NCCc1ccc(Cl)nc1)NCc1ccc(C)cc1C.I. The van der Waals surface area contributed by atoms with Crippen molar-refractivity contribution in [1.29, 1.82) is 0 Å². The maximum Gasteiger partial charge on any atom is 0.191 e. The van der Waals surface area contributed by atoms with Crippen LogP contribution in [0, 0.1) is 13.8 Å². The van der Waals surface area contributed by atoms with Gasteiger partial charge in [-0.3, -0.25) is 4.99 Å². The second kappa shape index (κ2) is 10.5. The molecule has 24 heavy (non-hydrogen) atoms. The number of rotatable bonds is 5. The van der Waals surface area contributed by atoms with Gasteiger partial charge in [-0.1, -0.05) is 41.4 Å². The Balaban J connectivity index is 0.00000288. The number of hydrogen-bond acceptors (Lipinski definition) is 2. The molecule has 2 aromatic rings. The molecule has 0 radical (unpaired) electrons. The van der Waals surface area contributed by atoms with Crippen LogP contribution < -0.4 is 10.6 Å². The fourth-order valence-corrected chi connectivity index (χ4v) is 2.44. The molecule has 2 N–H and O–H groups in total. The van der Waals surface area contributed by atoms with Crippen molar-refractivity contribution in [3.8, 4) is 0 Å². The Kier molecular flexibility index (Phi) is 9.07. The molecule has 0 fully saturated rings. The molecule has 0 aliphatic carbocycles. The van der Waals surface area contributed by atoms with Gasteiger partial charge in [0, 0.05) is 26.3 Å². The highest BCUT2D eigenvalue weighted by atomic mass is 127. The van der Waals surface area contributed by atoms with E-state index in [4.69, 9.17) is 11.6 Å².